The van der Waals surface area contributed by atoms with Crippen LogP contribution < -0.4 is 10.3 Å². The van der Waals surface area contributed by atoms with Crippen molar-refractivity contribution in [3.05, 3.63) is 64.4 Å². The van der Waals surface area contributed by atoms with Gasteiger partial charge in [-0.3, -0.25) is 14.2 Å². The van der Waals surface area contributed by atoms with Crippen LogP contribution in [0.25, 0.3) is 10.9 Å². The van der Waals surface area contributed by atoms with E-state index in [4.69, 9.17) is 9.72 Å². The molecule has 2 aromatic carbocycles. The van der Waals surface area contributed by atoms with E-state index in [1.807, 2.05) is 53.4 Å². The zero-order valence-corrected chi connectivity index (χ0v) is 17.9. The van der Waals surface area contributed by atoms with E-state index in [0.717, 1.165) is 30.7 Å². The molecule has 3 aromatic rings. The summed E-state index contributed by atoms with van der Waals surface area (Å²) in [7, 11) is 1.65. The number of ether oxygens (including phenoxy) is 1. The highest BCUT2D eigenvalue weighted by Gasteiger charge is 2.19. The zero-order chi connectivity index (χ0) is 20.9. The lowest BCUT2D eigenvalue weighted by molar-refractivity contribution is -0.127. The van der Waals surface area contributed by atoms with Crippen molar-refractivity contribution < 1.29 is 9.53 Å². The van der Waals surface area contributed by atoms with Crippen LogP contribution in [-0.4, -0.2) is 40.6 Å². The summed E-state index contributed by atoms with van der Waals surface area (Å²) in [6, 6.07) is 15.4. The van der Waals surface area contributed by atoms with Gasteiger partial charge < -0.3 is 9.64 Å². The number of carbonyl (C=O) groups excluding carboxylic acids is 1. The van der Waals surface area contributed by atoms with Crippen LogP contribution in [0.1, 0.15) is 24.8 Å². The Labute approximate surface area is 179 Å². The van der Waals surface area contributed by atoms with Gasteiger partial charge in [0.15, 0.2) is 5.16 Å². The Bertz CT molecular complexity index is 1100. The summed E-state index contributed by atoms with van der Waals surface area (Å²) < 4.78 is 6.98. The number of aromatic nitrogens is 2. The molecule has 0 N–H and O–H groups in total. The average Bonchev–Trinajstić information content (AvgIpc) is 3.19. The number of rotatable bonds is 8. The van der Waals surface area contributed by atoms with Gasteiger partial charge in [0.05, 0.1) is 18.0 Å². The van der Waals surface area contributed by atoms with Crippen molar-refractivity contribution in [2.24, 2.45) is 0 Å². The molecule has 1 aromatic heterocycles. The van der Waals surface area contributed by atoms with Gasteiger partial charge in [0.25, 0.3) is 5.56 Å². The van der Waals surface area contributed by atoms with E-state index < -0.39 is 0 Å². The fourth-order valence-corrected chi connectivity index (χ4v) is 4.67. The first-order chi connectivity index (χ1) is 14.7. The standard InChI is InChI=1S/C23H25N3O3S/c1-29-18-11-9-17(10-12-18)16-30-23-24-20-7-3-2-6-19(20)22(28)26(23)15-5-14-25-13-4-8-21(25)27/h2-3,6-7,9-12H,4-5,8,13-16H2,1H3. The van der Waals surface area contributed by atoms with Crippen molar-refractivity contribution in [1.29, 1.82) is 0 Å². The number of carbonyl (C=O) groups is 1. The lowest BCUT2D eigenvalue weighted by atomic mass is 10.2. The van der Waals surface area contributed by atoms with Crippen LogP contribution in [-0.2, 0) is 17.1 Å². The third-order valence-electron chi connectivity index (χ3n) is 5.33. The van der Waals surface area contributed by atoms with Crippen LogP contribution in [0.5, 0.6) is 5.75 Å². The Hall–Kier alpha value is -2.80. The van der Waals surface area contributed by atoms with Crippen molar-refractivity contribution in [2.45, 2.75) is 36.7 Å². The Morgan fingerprint density at radius 3 is 2.60 bits per heavy atom. The van der Waals surface area contributed by atoms with E-state index in [-0.39, 0.29) is 11.5 Å². The van der Waals surface area contributed by atoms with Crippen LogP contribution >= 0.6 is 11.8 Å². The molecule has 0 atom stereocenters. The quantitative estimate of drug-likeness (QED) is 0.408. The van der Waals surface area contributed by atoms with Gasteiger partial charge in [0.2, 0.25) is 5.91 Å². The monoisotopic (exact) mass is 423 g/mol. The minimum Gasteiger partial charge on any atom is -0.497 e. The summed E-state index contributed by atoms with van der Waals surface area (Å²) >= 11 is 1.56. The van der Waals surface area contributed by atoms with Crippen LogP contribution in [0.4, 0.5) is 0 Å². The first kappa shape index (κ1) is 20.5. The number of amides is 1. The Balaban J connectivity index is 1.55. The highest BCUT2D eigenvalue weighted by atomic mass is 32.2. The predicted octanol–water partition coefficient (Wildman–Crippen LogP) is 3.71. The molecule has 2 heterocycles. The van der Waals surface area contributed by atoms with Gasteiger partial charge in [-0.05, 0) is 42.7 Å². The third-order valence-corrected chi connectivity index (χ3v) is 6.38. The summed E-state index contributed by atoms with van der Waals surface area (Å²) in [6.07, 6.45) is 2.31. The number of hydrogen-bond donors (Lipinski definition) is 0. The first-order valence-electron chi connectivity index (χ1n) is 10.2. The Morgan fingerprint density at radius 1 is 1.07 bits per heavy atom. The van der Waals surface area contributed by atoms with Gasteiger partial charge in [-0.25, -0.2) is 4.98 Å². The number of thioether (sulfide) groups is 1. The maximum absolute atomic E-state index is 13.1. The molecule has 156 valence electrons. The van der Waals surface area contributed by atoms with E-state index in [0.29, 0.717) is 41.3 Å². The van der Waals surface area contributed by atoms with Gasteiger partial charge in [-0.15, -0.1) is 0 Å². The molecule has 1 aliphatic rings. The minimum absolute atomic E-state index is 0.0226. The Kier molecular flexibility index (Phi) is 6.38. The number of fused-ring (bicyclic) bond motifs is 1. The van der Waals surface area contributed by atoms with Crippen LogP contribution in [0, 0.1) is 0 Å². The molecule has 6 nitrogen and oxygen atoms in total. The zero-order valence-electron chi connectivity index (χ0n) is 17.0. The van der Waals surface area contributed by atoms with Crippen molar-refractivity contribution in [2.75, 3.05) is 20.2 Å². The highest BCUT2D eigenvalue weighted by Crippen LogP contribution is 2.24. The number of benzene rings is 2. The molecule has 0 aliphatic carbocycles. The van der Waals surface area contributed by atoms with Gasteiger partial charge in [-0.1, -0.05) is 36.0 Å². The molecule has 1 aliphatic heterocycles. The smallest absolute Gasteiger partial charge is 0.262 e. The van der Waals surface area contributed by atoms with E-state index in [1.165, 1.54) is 0 Å². The summed E-state index contributed by atoms with van der Waals surface area (Å²) in [4.78, 5) is 31.7. The first-order valence-corrected chi connectivity index (χ1v) is 11.2. The number of methoxy groups -OCH3 is 1. The van der Waals surface area contributed by atoms with E-state index >= 15 is 0 Å². The van der Waals surface area contributed by atoms with Gasteiger partial charge in [0.1, 0.15) is 5.75 Å². The number of hydrogen-bond acceptors (Lipinski definition) is 5. The molecule has 1 fully saturated rings. The predicted molar refractivity (Wildman–Crippen MR) is 119 cm³/mol. The van der Waals surface area contributed by atoms with Gasteiger partial charge in [-0.2, -0.15) is 0 Å². The lowest BCUT2D eigenvalue weighted by Gasteiger charge is -2.17. The molecule has 30 heavy (non-hydrogen) atoms. The second-order valence-corrected chi connectivity index (χ2v) is 8.29. The van der Waals surface area contributed by atoms with Crippen molar-refractivity contribution in [3.63, 3.8) is 0 Å². The van der Waals surface area contributed by atoms with Crippen LogP contribution in [0.15, 0.2) is 58.5 Å². The second-order valence-electron chi connectivity index (χ2n) is 7.34. The largest absolute Gasteiger partial charge is 0.497 e. The summed E-state index contributed by atoms with van der Waals surface area (Å²) in [5.41, 5.74) is 1.83. The molecular weight excluding hydrogens is 398 g/mol. The van der Waals surface area contributed by atoms with E-state index in [2.05, 4.69) is 0 Å². The molecule has 4 rings (SSSR count). The normalized spacial score (nSPS) is 13.9. The number of nitrogens with zero attached hydrogens (tertiary/aromatic N) is 3. The SMILES string of the molecule is COc1ccc(CSc2nc3ccccc3c(=O)n2CCCN2CCCC2=O)cc1. The molecule has 7 heteroatoms. The third kappa shape index (κ3) is 4.51. The molecule has 0 spiro atoms. The average molecular weight is 424 g/mol. The summed E-state index contributed by atoms with van der Waals surface area (Å²) in [6.45, 7) is 2.05. The van der Waals surface area contributed by atoms with Crippen LogP contribution in [0.3, 0.4) is 0 Å². The maximum Gasteiger partial charge on any atom is 0.262 e. The number of para-hydroxylation sites is 1. The minimum atomic E-state index is -0.0226. The maximum atomic E-state index is 13.1. The van der Waals surface area contributed by atoms with Crippen molar-refractivity contribution >= 4 is 28.6 Å². The fourth-order valence-electron chi connectivity index (χ4n) is 3.68. The summed E-state index contributed by atoms with van der Waals surface area (Å²) in [5.74, 6) is 1.74. The lowest BCUT2D eigenvalue weighted by Crippen LogP contribution is -2.29. The molecule has 0 radical (unpaired) electrons. The molecule has 0 bridgehead atoms. The molecule has 1 saturated heterocycles. The molecular formula is C23H25N3O3S. The van der Waals surface area contributed by atoms with Gasteiger partial charge >= 0.3 is 0 Å². The van der Waals surface area contributed by atoms with Crippen molar-refractivity contribution in [1.82, 2.24) is 14.5 Å². The van der Waals surface area contributed by atoms with Crippen LogP contribution in [0.2, 0.25) is 0 Å². The molecule has 1 amide bonds. The fraction of sp³-hybridized carbons (Fsp3) is 0.348. The van der Waals surface area contributed by atoms with Crippen molar-refractivity contribution in [3.8, 4) is 5.75 Å². The Morgan fingerprint density at radius 2 is 1.87 bits per heavy atom. The topological polar surface area (TPSA) is 64.4 Å². The number of likely N-dealkylation sites (tertiary alicyclic amines) is 1. The van der Waals surface area contributed by atoms with E-state index in [1.54, 1.807) is 23.4 Å². The van der Waals surface area contributed by atoms with E-state index in [9.17, 15) is 9.59 Å². The second kappa shape index (κ2) is 9.34. The highest BCUT2D eigenvalue weighted by molar-refractivity contribution is 7.98. The van der Waals surface area contributed by atoms with Gasteiger partial charge in [0, 0.05) is 31.8 Å². The molecule has 0 unspecified atom stereocenters. The summed E-state index contributed by atoms with van der Waals surface area (Å²) in [5, 5.41) is 1.34. The molecule has 0 saturated carbocycles.